The molecule has 1 N–H and O–H groups in total. The van der Waals surface area contributed by atoms with Crippen LogP contribution in [0.15, 0.2) is 53.4 Å². The Morgan fingerprint density at radius 1 is 0.969 bits per heavy atom. The lowest BCUT2D eigenvalue weighted by molar-refractivity contribution is -0.127. The molecule has 1 aliphatic rings. The highest BCUT2D eigenvalue weighted by Gasteiger charge is 2.25. The molecular formula is C23H30N2O6S. The number of carbonyl (C=O) groups excluding carboxylic acids is 1. The summed E-state index contributed by atoms with van der Waals surface area (Å²) in [6, 6.07) is 13.4. The quantitative estimate of drug-likeness (QED) is 0.546. The molecule has 0 aliphatic carbocycles. The van der Waals surface area contributed by atoms with Crippen LogP contribution in [-0.4, -0.2) is 58.1 Å². The Morgan fingerprint density at radius 3 is 2.19 bits per heavy atom. The summed E-state index contributed by atoms with van der Waals surface area (Å²) >= 11 is 0. The zero-order valence-corrected chi connectivity index (χ0v) is 19.3. The SMILES string of the molecule is COc1ccc(O[C@H](C)C(=O)NCCOc2ccc(S(=O)(=O)N3CCCCC3)cc2)cc1. The number of hydrogen-bond donors (Lipinski definition) is 1. The predicted molar refractivity (Wildman–Crippen MR) is 121 cm³/mol. The van der Waals surface area contributed by atoms with Crippen LogP contribution >= 0.6 is 0 Å². The highest BCUT2D eigenvalue weighted by Crippen LogP contribution is 2.22. The molecule has 1 amide bonds. The third-order valence-electron chi connectivity index (χ3n) is 5.19. The van der Waals surface area contributed by atoms with Crippen molar-refractivity contribution in [2.24, 2.45) is 0 Å². The number of nitrogens with one attached hydrogen (secondary N) is 1. The van der Waals surface area contributed by atoms with E-state index in [-0.39, 0.29) is 17.4 Å². The minimum atomic E-state index is -3.45. The van der Waals surface area contributed by atoms with Crippen molar-refractivity contribution in [2.45, 2.75) is 37.2 Å². The minimum Gasteiger partial charge on any atom is -0.497 e. The Bertz CT molecular complexity index is 971. The van der Waals surface area contributed by atoms with E-state index in [1.54, 1.807) is 62.6 Å². The molecule has 174 valence electrons. The lowest BCUT2D eigenvalue weighted by Gasteiger charge is -2.25. The molecule has 32 heavy (non-hydrogen) atoms. The first-order valence-corrected chi connectivity index (χ1v) is 12.2. The van der Waals surface area contributed by atoms with Crippen LogP contribution < -0.4 is 19.5 Å². The molecule has 3 rings (SSSR count). The van der Waals surface area contributed by atoms with Gasteiger partial charge in [-0.1, -0.05) is 6.42 Å². The fourth-order valence-corrected chi connectivity index (χ4v) is 4.88. The average Bonchev–Trinajstić information content (AvgIpc) is 2.83. The zero-order valence-electron chi connectivity index (χ0n) is 18.5. The summed E-state index contributed by atoms with van der Waals surface area (Å²) in [4.78, 5) is 12.5. The molecule has 0 radical (unpaired) electrons. The van der Waals surface area contributed by atoms with Gasteiger partial charge < -0.3 is 19.5 Å². The second-order valence-corrected chi connectivity index (χ2v) is 9.45. The Morgan fingerprint density at radius 2 is 1.56 bits per heavy atom. The fraction of sp³-hybridized carbons (Fsp3) is 0.435. The van der Waals surface area contributed by atoms with Gasteiger partial charge in [0.25, 0.3) is 5.91 Å². The number of hydrogen-bond acceptors (Lipinski definition) is 6. The van der Waals surface area contributed by atoms with Crippen LogP contribution in [-0.2, 0) is 14.8 Å². The predicted octanol–water partition coefficient (Wildman–Crippen LogP) is 2.83. The van der Waals surface area contributed by atoms with Gasteiger partial charge >= 0.3 is 0 Å². The number of benzene rings is 2. The van der Waals surface area contributed by atoms with Crippen molar-refractivity contribution < 1.29 is 27.4 Å². The van der Waals surface area contributed by atoms with Gasteiger partial charge in [-0.25, -0.2) is 8.42 Å². The number of amides is 1. The first kappa shape index (κ1) is 23.9. The Kier molecular flexibility index (Phi) is 8.35. The molecule has 0 spiro atoms. The van der Waals surface area contributed by atoms with E-state index >= 15 is 0 Å². The summed E-state index contributed by atoms with van der Waals surface area (Å²) in [7, 11) is -1.87. The maximum Gasteiger partial charge on any atom is 0.260 e. The molecule has 9 heteroatoms. The van der Waals surface area contributed by atoms with Crippen molar-refractivity contribution in [1.82, 2.24) is 9.62 Å². The van der Waals surface area contributed by atoms with Gasteiger partial charge in [0.2, 0.25) is 10.0 Å². The number of ether oxygens (including phenoxy) is 3. The van der Waals surface area contributed by atoms with E-state index in [0.29, 0.717) is 36.9 Å². The van der Waals surface area contributed by atoms with Gasteiger partial charge in [-0.05, 0) is 68.3 Å². The molecule has 2 aromatic carbocycles. The molecule has 1 fully saturated rings. The van der Waals surface area contributed by atoms with E-state index in [0.717, 1.165) is 19.3 Å². The van der Waals surface area contributed by atoms with E-state index in [1.807, 2.05) is 0 Å². The van der Waals surface area contributed by atoms with Crippen LogP contribution in [0.25, 0.3) is 0 Å². The molecule has 0 bridgehead atoms. The number of carbonyl (C=O) groups is 1. The molecular weight excluding hydrogens is 432 g/mol. The highest BCUT2D eigenvalue weighted by atomic mass is 32.2. The number of methoxy groups -OCH3 is 1. The molecule has 1 atom stereocenters. The van der Waals surface area contributed by atoms with Gasteiger partial charge in [0, 0.05) is 13.1 Å². The van der Waals surface area contributed by atoms with Gasteiger partial charge in [0.1, 0.15) is 23.9 Å². The van der Waals surface area contributed by atoms with E-state index in [2.05, 4.69) is 5.32 Å². The molecule has 0 saturated carbocycles. The normalized spacial score (nSPS) is 15.6. The van der Waals surface area contributed by atoms with Crippen LogP contribution in [0.5, 0.6) is 17.2 Å². The van der Waals surface area contributed by atoms with Crippen molar-refractivity contribution >= 4 is 15.9 Å². The van der Waals surface area contributed by atoms with Crippen molar-refractivity contribution in [2.75, 3.05) is 33.4 Å². The summed E-state index contributed by atoms with van der Waals surface area (Å²) < 4.78 is 43.2. The average molecular weight is 463 g/mol. The van der Waals surface area contributed by atoms with Gasteiger partial charge in [-0.2, -0.15) is 4.31 Å². The van der Waals surface area contributed by atoms with Crippen LogP contribution in [0.3, 0.4) is 0 Å². The molecule has 0 aromatic heterocycles. The van der Waals surface area contributed by atoms with Gasteiger partial charge in [-0.3, -0.25) is 4.79 Å². The van der Waals surface area contributed by atoms with Crippen LogP contribution in [0, 0.1) is 0 Å². The van der Waals surface area contributed by atoms with Gasteiger partial charge in [-0.15, -0.1) is 0 Å². The minimum absolute atomic E-state index is 0.249. The summed E-state index contributed by atoms with van der Waals surface area (Å²) in [5.41, 5.74) is 0. The maximum absolute atomic E-state index is 12.7. The monoisotopic (exact) mass is 462 g/mol. The molecule has 1 aliphatic heterocycles. The maximum atomic E-state index is 12.7. The van der Waals surface area contributed by atoms with Crippen molar-refractivity contribution in [3.63, 3.8) is 0 Å². The molecule has 8 nitrogen and oxygen atoms in total. The standard InChI is InChI=1S/C23H30N2O6S/c1-18(31-21-8-6-19(29-2)7-9-21)23(26)24-14-17-30-20-10-12-22(13-11-20)32(27,28)25-15-4-3-5-16-25/h6-13,18H,3-5,14-17H2,1-2H3,(H,24,26)/t18-/m1/s1. The Hall–Kier alpha value is -2.78. The zero-order chi connectivity index (χ0) is 23.0. The summed E-state index contributed by atoms with van der Waals surface area (Å²) in [6.07, 6.45) is 2.20. The summed E-state index contributed by atoms with van der Waals surface area (Å²) in [5, 5.41) is 2.76. The van der Waals surface area contributed by atoms with Crippen molar-refractivity contribution in [1.29, 1.82) is 0 Å². The summed E-state index contributed by atoms with van der Waals surface area (Å²) in [5.74, 6) is 1.57. The van der Waals surface area contributed by atoms with Gasteiger partial charge in [0.05, 0.1) is 18.6 Å². The second-order valence-electron chi connectivity index (χ2n) is 7.51. The van der Waals surface area contributed by atoms with Crippen molar-refractivity contribution in [3.8, 4) is 17.2 Å². The van der Waals surface area contributed by atoms with Crippen LogP contribution in [0.1, 0.15) is 26.2 Å². The number of nitrogens with zero attached hydrogens (tertiary/aromatic N) is 1. The number of piperidine rings is 1. The van der Waals surface area contributed by atoms with E-state index in [4.69, 9.17) is 14.2 Å². The van der Waals surface area contributed by atoms with Gasteiger partial charge in [0.15, 0.2) is 6.10 Å². The molecule has 0 unspecified atom stereocenters. The second kappa shape index (κ2) is 11.2. The van der Waals surface area contributed by atoms with E-state index < -0.39 is 16.1 Å². The first-order valence-electron chi connectivity index (χ1n) is 10.7. The van der Waals surface area contributed by atoms with E-state index in [9.17, 15) is 13.2 Å². The topological polar surface area (TPSA) is 94.2 Å². The Labute approximate surface area is 189 Å². The number of rotatable bonds is 10. The lowest BCUT2D eigenvalue weighted by atomic mass is 10.2. The first-order chi connectivity index (χ1) is 15.4. The van der Waals surface area contributed by atoms with Crippen LogP contribution in [0.4, 0.5) is 0 Å². The molecule has 2 aromatic rings. The molecule has 1 heterocycles. The highest BCUT2D eigenvalue weighted by molar-refractivity contribution is 7.89. The number of sulfonamides is 1. The van der Waals surface area contributed by atoms with E-state index in [1.165, 1.54) is 4.31 Å². The smallest absolute Gasteiger partial charge is 0.260 e. The van der Waals surface area contributed by atoms with Crippen molar-refractivity contribution in [3.05, 3.63) is 48.5 Å². The molecule has 1 saturated heterocycles. The largest absolute Gasteiger partial charge is 0.497 e. The lowest BCUT2D eigenvalue weighted by Crippen LogP contribution is -2.38. The third kappa shape index (κ3) is 6.37. The fourth-order valence-electron chi connectivity index (χ4n) is 3.36. The summed E-state index contributed by atoms with van der Waals surface area (Å²) in [6.45, 7) is 3.35. The Balaban J connectivity index is 1.41. The third-order valence-corrected chi connectivity index (χ3v) is 7.10. The van der Waals surface area contributed by atoms with Crippen LogP contribution in [0.2, 0.25) is 0 Å².